The van der Waals surface area contributed by atoms with E-state index in [1.54, 1.807) is 0 Å². The number of anilines is 2. The summed E-state index contributed by atoms with van der Waals surface area (Å²) in [5.41, 5.74) is 19.2. The summed E-state index contributed by atoms with van der Waals surface area (Å²) in [7, 11) is -16.6. The number of nitrogens with two attached hydrogens (primary N) is 2. The minimum Gasteiger partial charge on any atom is -0.456 e. The topological polar surface area (TPSA) is 475 Å². The Hall–Kier alpha value is -5.62. The smallest absolute Gasteiger partial charge is 0.456 e. The maximum Gasteiger partial charge on any atom is 0.481 e. The van der Waals surface area contributed by atoms with E-state index in [0.717, 1.165) is 23.3 Å². The number of aliphatic hydroxyl groups excluding tert-OH is 2. The molecule has 10 atom stereocenters. The van der Waals surface area contributed by atoms with Gasteiger partial charge in [-0.25, -0.2) is 28.6 Å². The van der Waals surface area contributed by atoms with E-state index in [-0.39, 0.29) is 40.5 Å². The highest BCUT2D eigenvalue weighted by Crippen LogP contribution is 2.58. The number of nitrogens with zero attached hydrogens (tertiary/aromatic N) is 9. The van der Waals surface area contributed by atoms with E-state index < -0.39 is 115 Å². The molecular weight excluding hydrogens is 941 g/mol. The zero-order valence-electron chi connectivity index (χ0n) is 32.6. The van der Waals surface area contributed by atoms with Gasteiger partial charge in [0, 0.05) is 29.3 Å². The van der Waals surface area contributed by atoms with E-state index in [4.69, 9.17) is 50.0 Å². The Morgan fingerprint density at radius 3 is 2.45 bits per heavy atom. The maximum atomic E-state index is 13.7. The highest BCUT2D eigenvalue weighted by molar-refractivity contribution is 7.60. The number of imidazole rings is 1. The van der Waals surface area contributed by atoms with Crippen LogP contribution in [0.25, 0.3) is 21.6 Å². The molecular formula is C30H36N12O20P3+. The summed E-state index contributed by atoms with van der Waals surface area (Å²) in [4.78, 5) is 89.1. The molecule has 6 rings (SSSR count). The number of phosphoric acid groups is 3. The molecule has 2 unspecified atom stereocenters. The van der Waals surface area contributed by atoms with Crippen molar-refractivity contribution in [3.8, 4) is 0 Å². The first-order valence-corrected chi connectivity index (χ1v) is 22.7. The number of nitro groups is 1. The highest BCUT2D eigenvalue weighted by Gasteiger charge is 2.54. The summed E-state index contributed by atoms with van der Waals surface area (Å²) in [6.07, 6.45) is -9.99. The molecule has 0 bridgehead atoms. The third-order valence-electron chi connectivity index (χ3n) is 9.20. The molecule has 2 aliphatic rings. The van der Waals surface area contributed by atoms with Crippen molar-refractivity contribution in [3.63, 3.8) is 0 Å². The fourth-order valence-electron chi connectivity index (χ4n) is 6.41. The summed E-state index contributed by atoms with van der Waals surface area (Å²) in [6, 6.07) is 6.23. The number of azide groups is 1. The van der Waals surface area contributed by atoms with Crippen LogP contribution in [0.2, 0.25) is 0 Å². The number of nitro benzene ring substituents is 1. The Kier molecular flexibility index (Phi) is 14.9. The van der Waals surface area contributed by atoms with Gasteiger partial charge in [0.05, 0.1) is 30.9 Å². The van der Waals surface area contributed by atoms with E-state index in [0.29, 0.717) is 0 Å². The number of nitrogens with one attached hydrogen (secondary N) is 1. The zero-order valence-corrected chi connectivity index (χ0v) is 35.2. The minimum atomic E-state index is -5.57. The van der Waals surface area contributed by atoms with Gasteiger partial charge >= 0.3 is 29.4 Å². The van der Waals surface area contributed by atoms with Gasteiger partial charge in [0.1, 0.15) is 47.5 Å². The lowest BCUT2D eigenvalue weighted by Crippen LogP contribution is -2.47. The standard InChI is InChI=1S/C30H35N12O20P3/c31-26-21-28(36-12-35-26)41(13-37-21)30-25(22(44)18(58-30)10-57-65(54,55)62-63(49,50)51)61-64(52,53)56-11-19-24(23(45)29(59-19)40-7-1-2-14(9-40)27(32)46)60-20(43)5-6-34-16-4-3-15(38-39-33)8-17(16)42(47)48/h1-4,7-9,12-13,18-19,22-25,29-30,34,44-45H,5-6,10-11H2,(H7-,31,32,35,36,46,49,50,51,52,53,54,55)/p+1/t18-,19-,22-,23-,24-,25-,29-,30-/m1/s1. The number of benzene rings is 1. The van der Waals surface area contributed by atoms with Crippen molar-refractivity contribution < 1.29 is 94.7 Å². The van der Waals surface area contributed by atoms with Gasteiger partial charge in [-0.2, -0.15) is 8.88 Å². The van der Waals surface area contributed by atoms with Crippen LogP contribution in [0.4, 0.5) is 22.9 Å². The average Bonchev–Trinajstić information content (AvgIpc) is 3.89. The first-order valence-electron chi connectivity index (χ1n) is 18.1. The normalized spacial score (nSPS) is 25.0. The van der Waals surface area contributed by atoms with E-state index in [1.165, 1.54) is 41.2 Å². The number of carbonyl (C=O) groups is 2. The number of amides is 1. The lowest BCUT2D eigenvalue weighted by molar-refractivity contribution is -0.765. The second-order valence-electron chi connectivity index (χ2n) is 13.5. The molecule has 5 heterocycles. The summed E-state index contributed by atoms with van der Waals surface area (Å²) < 4.78 is 75.3. The van der Waals surface area contributed by atoms with Gasteiger partial charge in [-0.1, -0.05) is 11.2 Å². The van der Waals surface area contributed by atoms with Gasteiger partial charge in [0.15, 0.2) is 42.3 Å². The van der Waals surface area contributed by atoms with Crippen molar-refractivity contribution in [1.82, 2.24) is 19.5 Å². The van der Waals surface area contributed by atoms with Gasteiger partial charge in [-0.05, 0) is 17.7 Å². The van der Waals surface area contributed by atoms with Crippen LogP contribution in [0.15, 0.2) is 60.5 Å². The molecule has 0 saturated carbocycles. The zero-order chi connectivity index (χ0) is 47.4. The Balaban J connectivity index is 1.20. The molecule has 3 aromatic heterocycles. The van der Waals surface area contributed by atoms with Gasteiger partial charge in [-0.15, -0.1) is 0 Å². The highest BCUT2D eigenvalue weighted by atomic mass is 31.3. The quantitative estimate of drug-likeness (QED) is 0.00822. The number of primary amides is 1. The lowest BCUT2D eigenvalue weighted by atomic mass is 10.1. The molecule has 0 radical (unpaired) electrons. The Bertz CT molecular complexity index is 2650. The van der Waals surface area contributed by atoms with Crippen LogP contribution in [-0.2, 0) is 50.6 Å². The first kappa shape index (κ1) is 48.8. The molecule has 350 valence electrons. The van der Waals surface area contributed by atoms with Crippen LogP contribution in [0.1, 0.15) is 29.2 Å². The number of hydrogen-bond acceptors (Lipinski definition) is 22. The maximum absolute atomic E-state index is 13.7. The summed E-state index contributed by atoms with van der Waals surface area (Å²) >= 11 is 0. The number of pyridine rings is 1. The Morgan fingerprint density at radius 2 is 1.75 bits per heavy atom. The van der Waals surface area contributed by atoms with Gasteiger partial charge < -0.3 is 60.8 Å². The number of aromatic nitrogens is 5. The predicted octanol–water partition coefficient (Wildman–Crippen LogP) is 0.00420. The average molecular weight is 978 g/mol. The first-order chi connectivity index (χ1) is 30.6. The van der Waals surface area contributed by atoms with Crippen LogP contribution in [-0.4, -0.2) is 122 Å². The lowest BCUT2D eigenvalue weighted by Gasteiger charge is -2.25. The molecule has 1 aromatic carbocycles. The van der Waals surface area contributed by atoms with E-state index in [2.05, 4.69) is 39.1 Å². The minimum absolute atomic E-state index is 0.00772. The summed E-state index contributed by atoms with van der Waals surface area (Å²) in [6.45, 7) is -2.43. The number of carbonyl (C=O) groups excluding carboxylic acids is 2. The van der Waals surface area contributed by atoms with Gasteiger partial charge in [0.2, 0.25) is 0 Å². The van der Waals surface area contributed by atoms with Crippen molar-refractivity contribution in [3.05, 3.63) is 81.5 Å². The summed E-state index contributed by atoms with van der Waals surface area (Å²) in [5.74, 6) is -2.01. The molecule has 65 heavy (non-hydrogen) atoms. The molecule has 35 heteroatoms. The predicted molar refractivity (Wildman–Crippen MR) is 209 cm³/mol. The number of hydrogen-bond donors (Lipinski definition) is 9. The van der Waals surface area contributed by atoms with Crippen molar-refractivity contribution in [2.24, 2.45) is 10.8 Å². The molecule has 1 amide bonds. The fourth-order valence-corrected chi connectivity index (χ4v) is 8.95. The molecule has 4 aromatic rings. The molecule has 0 aliphatic carbocycles. The van der Waals surface area contributed by atoms with Crippen LogP contribution in [0, 0.1) is 10.1 Å². The van der Waals surface area contributed by atoms with E-state index in [9.17, 15) is 53.4 Å². The summed E-state index contributed by atoms with van der Waals surface area (Å²) in [5, 5.41) is 40.2. The molecule has 2 fully saturated rings. The van der Waals surface area contributed by atoms with Crippen molar-refractivity contribution in [2.75, 3.05) is 30.8 Å². The number of ether oxygens (including phenoxy) is 3. The van der Waals surface area contributed by atoms with E-state index in [1.807, 2.05) is 0 Å². The largest absolute Gasteiger partial charge is 0.481 e. The van der Waals surface area contributed by atoms with Crippen molar-refractivity contribution in [1.29, 1.82) is 0 Å². The second-order valence-corrected chi connectivity index (χ2v) is 17.8. The monoisotopic (exact) mass is 977 g/mol. The van der Waals surface area contributed by atoms with E-state index >= 15 is 0 Å². The van der Waals surface area contributed by atoms with Crippen LogP contribution in [0.3, 0.4) is 0 Å². The van der Waals surface area contributed by atoms with Crippen molar-refractivity contribution in [2.45, 2.75) is 55.5 Å². The third-order valence-corrected chi connectivity index (χ3v) is 12.3. The van der Waals surface area contributed by atoms with Gasteiger partial charge in [-0.3, -0.25) is 37.8 Å². The Morgan fingerprint density at radius 1 is 1.03 bits per heavy atom. The van der Waals surface area contributed by atoms with Crippen LogP contribution < -0.4 is 21.4 Å². The number of nitrogen functional groups attached to an aromatic ring is 1. The van der Waals surface area contributed by atoms with Gasteiger partial charge in [0.25, 0.3) is 17.8 Å². The SMILES string of the molecule is [N-]=[N+]=Nc1ccc(NCCC(=O)O[C@H]2[C@@H](O)[C@H]([n+]3cccc(C(N)=O)c3)O[C@@H]2COP(=O)(O)O[C@@H]2[C@H](O)[C@@H](COP(=O)(O)OP(=O)(O)O)O[C@H]2n2cnc3c(N)ncnc32)c([N+](=O)[O-])c1. The molecule has 0 spiro atoms. The fraction of sp³-hybridized carbons (Fsp3) is 0.400. The Labute approximate surface area is 361 Å². The molecule has 11 N–H and O–H groups in total. The third kappa shape index (κ3) is 12.0. The molecule has 2 saturated heterocycles. The number of fused-ring (bicyclic) bond motifs is 1. The molecule has 32 nitrogen and oxygen atoms in total. The van der Waals surface area contributed by atoms with Crippen molar-refractivity contribution >= 4 is 69.4 Å². The number of phosphoric ester groups is 2. The molecule has 2 aliphatic heterocycles. The number of rotatable bonds is 20. The second kappa shape index (κ2) is 19.9. The number of esters is 1. The van der Waals surface area contributed by atoms with Crippen LogP contribution in [0.5, 0.6) is 0 Å². The number of aliphatic hydroxyl groups is 2. The van der Waals surface area contributed by atoms with Crippen LogP contribution >= 0.6 is 23.5 Å².